The van der Waals surface area contributed by atoms with Gasteiger partial charge in [0, 0.05) is 19.1 Å². The molecule has 166 valence electrons. The monoisotopic (exact) mass is 431 g/mol. The first kappa shape index (κ1) is 22.1. The van der Waals surface area contributed by atoms with Crippen LogP contribution in [0.3, 0.4) is 0 Å². The van der Waals surface area contributed by atoms with Crippen LogP contribution in [-0.4, -0.2) is 51.7 Å². The van der Waals surface area contributed by atoms with Crippen molar-refractivity contribution in [3.8, 4) is 29.7 Å². The van der Waals surface area contributed by atoms with E-state index >= 15 is 0 Å². The standard InChI is InChI=1S/C26H29N3O3/c1-3-16-31-19-23(30)17-28(21-14-15-21)18-25-20(2)27-29(22-10-6-4-7-11-22)26(25)32-24-12-8-5-9-13-24/h1,4-13,21,23,30H,14-19H2,2H3/t23-/m0/s1. The van der Waals surface area contributed by atoms with Crippen LogP contribution < -0.4 is 4.74 Å². The number of aryl methyl sites for hydroxylation is 1. The summed E-state index contributed by atoms with van der Waals surface area (Å²) in [6.45, 7) is 3.58. The van der Waals surface area contributed by atoms with E-state index < -0.39 is 6.10 Å². The fraction of sp³-hybridized carbons (Fsp3) is 0.346. The van der Waals surface area contributed by atoms with Crippen molar-refractivity contribution in [3.63, 3.8) is 0 Å². The van der Waals surface area contributed by atoms with Gasteiger partial charge in [-0.05, 0) is 44.0 Å². The van der Waals surface area contributed by atoms with E-state index in [9.17, 15) is 5.11 Å². The maximum atomic E-state index is 10.5. The van der Waals surface area contributed by atoms with Crippen LogP contribution >= 0.6 is 0 Å². The lowest BCUT2D eigenvalue weighted by molar-refractivity contribution is 0.0241. The lowest BCUT2D eigenvalue weighted by Gasteiger charge is -2.25. The fourth-order valence-electron chi connectivity index (χ4n) is 3.73. The Morgan fingerprint density at radius 2 is 1.84 bits per heavy atom. The Morgan fingerprint density at radius 3 is 2.50 bits per heavy atom. The molecule has 1 aliphatic carbocycles. The smallest absolute Gasteiger partial charge is 0.227 e. The van der Waals surface area contributed by atoms with Crippen LogP contribution in [0.4, 0.5) is 0 Å². The molecule has 2 aromatic carbocycles. The molecular formula is C26H29N3O3. The van der Waals surface area contributed by atoms with Crippen LogP contribution in [-0.2, 0) is 11.3 Å². The van der Waals surface area contributed by atoms with Gasteiger partial charge in [0.05, 0.1) is 29.7 Å². The zero-order chi connectivity index (χ0) is 22.3. The van der Waals surface area contributed by atoms with Crippen molar-refractivity contribution in [2.75, 3.05) is 19.8 Å². The third kappa shape index (κ3) is 5.57. The van der Waals surface area contributed by atoms with Gasteiger partial charge in [-0.1, -0.05) is 42.3 Å². The summed E-state index contributed by atoms with van der Waals surface area (Å²) in [6, 6.07) is 20.2. The molecule has 0 bridgehead atoms. The first-order valence-electron chi connectivity index (χ1n) is 11.0. The van der Waals surface area contributed by atoms with E-state index in [1.54, 1.807) is 0 Å². The number of hydrogen-bond acceptors (Lipinski definition) is 5. The summed E-state index contributed by atoms with van der Waals surface area (Å²) in [6.07, 6.45) is 6.88. The van der Waals surface area contributed by atoms with Gasteiger partial charge in [-0.3, -0.25) is 4.90 Å². The number of aliphatic hydroxyl groups is 1. The normalized spacial score (nSPS) is 14.3. The van der Waals surface area contributed by atoms with Gasteiger partial charge in [-0.2, -0.15) is 5.10 Å². The quantitative estimate of drug-likeness (QED) is 0.368. The second-order valence-electron chi connectivity index (χ2n) is 8.07. The summed E-state index contributed by atoms with van der Waals surface area (Å²) in [5.41, 5.74) is 2.86. The fourth-order valence-corrected chi connectivity index (χ4v) is 3.73. The SMILES string of the molecule is C#CCOC[C@@H](O)CN(Cc1c(C)nn(-c2ccccc2)c1Oc1ccccc1)C1CC1. The lowest BCUT2D eigenvalue weighted by atomic mass is 10.2. The third-order valence-electron chi connectivity index (χ3n) is 5.46. The molecule has 0 unspecified atom stereocenters. The van der Waals surface area contributed by atoms with Gasteiger partial charge < -0.3 is 14.6 Å². The molecule has 0 aliphatic heterocycles. The topological polar surface area (TPSA) is 59.8 Å². The minimum absolute atomic E-state index is 0.207. The minimum atomic E-state index is -0.605. The van der Waals surface area contributed by atoms with Crippen molar-refractivity contribution in [1.29, 1.82) is 0 Å². The zero-order valence-corrected chi connectivity index (χ0v) is 18.4. The molecule has 1 aromatic heterocycles. The number of hydrogen-bond donors (Lipinski definition) is 1. The number of benzene rings is 2. The van der Waals surface area contributed by atoms with Crippen molar-refractivity contribution in [2.45, 2.75) is 38.5 Å². The Labute approximate surface area is 189 Å². The number of ether oxygens (including phenoxy) is 2. The minimum Gasteiger partial charge on any atom is -0.439 e. The van der Waals surface area contributed by atoms with E-state index in [0.717, 1.165) is 35.5 Å². The molecule has 1 fully saturated rings. The highest BCUT2D eigenvalue weighted by Crippen LogP contribution is 2.35. The molecule has 6 heteroatoms. The Balaban J connectivity index is 1.62. The van der Waals surface area contributed by atoms with Crippen LogP contribution in [0.15, 0.2) is 60.7 Å². The number of aromatic nitrogens is 2. The molecule has 0 amide bonds. The maximum absolute atomic E-state index is 10.5. The van der Waals surface area contributed by atoms with Crippen molar-refractivity contribution >= 4 is 0 Å². The maximum Gasteiger partial charge on any atom is 0.227 e. The van der Waals surface area contributed by atoms with Crippen molar-refractivity contribution < 1.29 is 14.6 Å². The Hall–Kier alpha value is -3.11. The molecule has 1 heterocycles. The van der Waals surface area contributed by atoms with Crippen LogP contribution in [0.1, 0.15) is 24.1 Å². The predicted octanol–water partition coefficient (Wildman–Crippen LogP) is 3.95. The number of terminal acetylenes is 1. The molecule has 32 heavy (non-hydrogen) atoms. The highest BCUT2D eigenvalue weighted by Gasteiger charge is 2.32. The molecule has 1 aliphatic rings. The van der Waals surface area contributed by atoms with E-state index in [1.807, 2.05) is 72.3 Å². The van der Waals surface area contributed by atoms with Gasteiger partial charge in [0.1, 0.15) is 12.4 Å². The molecule has 4 rings (SSSR count). The summed E-state index contributed by atoms with van der Waals surface area (Å²) >= 11 is 0. The van der Waals surface area contributed by atoms with Crippen molar-refractivity contribution in [3.05, 3.63) is 71.9 Å². The highest BCUT2D eigenvalue weighted by atomic mass is 16.5. The average molecular weight is 432 g/mol. The van der Waals surface area contributed by atoms with Crippen LogP contribution in [0, 0.1) is 19.3 Å². The second kappa shape index (κ2) is 10.5. The van der Waals surface area contributed by atoms with E-state index in [1.165, 1.54) is 0 Å². The predicted molar refractivity (Wildman–Crippen MR) is 124 cm³/mol. The van der Waals surface area contributed by atoms with Gasteiger partial charge in [-0.15, -0.1) is 6.42 Å². The lowest BCUT2D eigenvalue weighted by Crippen LogP contribution is -2.36. The van der Waals surface area contributed by atoms with E-state index in [2.05, 4.69) is 10.8 Å². The van der Waals surface area contributed by atoms with E-state index in [0.29, 0.717) is 25.0 Å². The Morgan fingerprint density at radius 1 is 1.16 bits per heavy atom. The molecule has 0 spiro atoms. The summed E-state index contributed by atoms with van der Waals surface area (Å²) in [7, 11) is 0. The van der Waals surface area contributed by atoms with E-state index in [-0.39, 0.29) is 13.2 Å². The molecule has 0 saturated heterocycles. The van der Waals surface area contributed by atoms with E-state index in [4.69, 9.17) is 21.0 Å². The Kier molecular flexibility index (Phi) is 7.23. The van der Waals surface area contributed by atoms with Gasteiger partial charge >= 0.3 is 0 Å². The van der Waals surface area contributed by atoms with Crippen molar-refractivity contribution in [1.82, 2.24) is 14.7 Å². The highest BCUT2D eigenvalue weighted by molar-refractivity contribution is 5.43. The number of aliphatic hydroxyl groups excluding tert-OH is 1. The van der Waals surface area contributed by atoms with Crippen LogP contribution in [0.5, 0.6) is 11.6 Å². The van der Waals surface area contributed by atoms with Gasteiger partial charge in [0.2, 0.25) is 5.88 Å². The molecular weight excluding hydrogens is 402 g/mol. The number of nitrogens with zero attached hydrogens (tertiary/aromatic N) is 3. The molecule has 6 nitrogen and oxygen atoms in total. The molecule has 0 radical (unpaired) electrons. The Bertz CT molecular complexity index is 1040. The molecule has 3 aromatic rings. The van der Waals surface area contributed by atoms with Crippen LogP contribution in [0.2, 0.25) is 0 Å². The van der Waals surface area contributed by atoms with Crippen LogP contribution in [0.25, 0.3) is 5.69 Å². The number of rotatable bonds is 11. The first-order chi connectivity index (χ1) is 15.7. The summed E-state index contributed by atoms with van der Waals surface area (Å²) in [4.78, 5) is 2.29. The van der Waals surface area contributed by atoms with Crippen molar-refractivity contribution in [2.24, 2.45) is 0 Å². The molecule has 1 N–H and O–H groups in total. The average Bonchev–Trinajstić information content (AvgIpc) is 3.61. The number of para-hydroxylation sites is 2. The molecule has 1 atom stereocenters. The van der Waals surface area contributed by atoms with Gasteiger partial charge in [0.15, 0.2) is 0 Å². The zero-order valence-electron chi connectivity index (χ0n) is 18.4. The summed E-state index contributed by atoms with van der Waals surface area (Å²) in [5.74, 6) is 3.89. The first-order valence-corrected chi connectivity index (χ1v) is 11.0. The van der Waals surface area contributed by atoms with Gasteiger partial charge in [0.25, 0.3) is 0 Å². The van der Waals surface area contributed by atoms with Gasteiger partial charge in [-0.25, -0.2) is 4.68 Å². The summed E-state index contributed by atoms with van der Waals surface area (Å²) < 4.78 is 13.6. The second-order valence-corrected chi connectivity index (χ2v) is 8.07. The molecule has 1 saturated carbocycles. The summed E-state index contributed by atoms with van der Waals surface area (Å²) in [5, 5.41) is 15.3. The largest absolute Gasteiger partial charge is 0.439 e. The third-order valence-corrected chi connectivity index (χ3v) is 5.46.